The summed E-state index contributed by atoms with van der Waals surface area (Å²) in [6, 6.07) is 13.7. The molecule has 6 heteroatoms. The molecule has 1 fully saturated rings. The maximum Gasteiger partial charge on any atom is 0.223 e. The van der Waals surface area contributed by atoms with Crippen LogP contribution in [0.1, 0.15) is 39.7 Å². The second kappa shape index (κ2) is 8.25. The number of piperazine rings is 1. The molecule has 2 aliphatic heterocycles. The fourth-order valence-corrected chi connectivity index (χ4v) is 4.15. The van der Waals surface area contributed by atoms with Crippen molar-refractivity contribution < 1.29 is 14.3 Å². The third-order valence-electron chi connectivity index (χ3n) is 5.67. The van der Waals surface area contributed by atoms with Crippen molar-refractivity contribution >= 4 is 17.4 Å². The Morgan fingerprint density at radius 3 is 2.65 bits per heavy atom. The van der Waals surface area contributed by atoms with E-state index in [4.69, 9.17) is 14.5 Å². The first-order valence-corrected chi connectivity index (χ1v) is 10.8. The van der Waals surface area contributed by atoms with E-state index in [1.54, 1.807) is 7.11 Å². The number of aliphatic imine (C=N–C) groups is 1. The van der Waals surface area contributed by atoms with Crippen LogP contribution in [0.3, 0.4) is 0 Å². The first-order valence-electron chi connectivity index (χ1n) is 10.8. The minimum absolute atomic E-state index is 0.0180. The largest absolute Gasteiger partial charge is 0.497 e. The van der Waals surface area contributed by atoms with Gasteiger partial charge in [0.1, 0.15) is 23.0 Å². The summed E-state index contributed by atoms with van der Waals surface area (Å²) in [6.45, 7) is 10.5. The van der Waals surface area contributed by atoms with Crippen LogP contribution in [0.4, 0.5) is 5.69 Å². The van der Waals surface area contributed by atoms with Crippen LogP contribution in [-0.4, -0.2) is 54.3 Å². The number of carbonyl (C=O) groups is 1. The van der Waals surface area contributed by atoms with Crippen molar-refractivity contribution in [2.24, 2.45) is 10.4 Å². The van der Waals surface area contributed by atoms with Gasteiger partial charge >= 0.3 is 0 Å². The van der Waals surface area contributed by atoms with Gasteiger partial charge in [-0.25, -0.2) is 4.99 Å². The number of hydrogen-bond acceptors (Lipinski definition) is 5. The SMILES string of the molecule is COc1ccc2c(c1)C(N1CCN(C(=O)CC(C)(C)C)C(C)C1)=Nc1ccccc1O2. The molecular formula is C25H31N3O3. The van der Waals surface area contributed by atoms with Gasteiger partial charge < -0.3 is 19.3 Å². The lowest BCUT2D eigenvalue weighted by Crippen LogP contribution is -2.56. The van der Waals surface area contributed by atoms with Crippen LogP contribution in [0.2, 0.25) is 0 Å². The van der Waals surface area contributed by atoms with Crippen LogP contribution >= 0.6 is 0 Å². The molecule has 2 aliphatic rings. The number of carbonyl (C=O) groups excluding carboxylic acids is 1. The van der Waals surface area contributed by atoms with E-state index in [0.717, 1.165) is 40.9 Å². The normalized spacial score (nSPS) is 18.4. The van der Waals surface area contributed by atoms with E-state index in [1.165, 1.54) is 0 Å². The highest BCUT2D eigenvalue weighted by Crippen LogP contribution is 2.39. The summed E-state index contributed by atoms with van der Waals surface area (Å²) in [7, 11) is 1.66. The average Bonchev–Trinajstić information content (AvgIpc) is 2.88. The van der Waals surface area contributed by atoms with E-state index < -0.39 is 0 Å². The maximum absolute atomic E-state index is 12.8. The Morgan fingerprint density at radius 2 is 1.94 bits per heavy atom. The topological polar surface area (TPSA) is 54.4 Å². The molecule has 0 bridgehead atoms. The highest BCUT2D eigenvalue weighted by atomic mass is 16.5. The van der Waals surface area contributed by atoms with Gasteiger partial charge in [0.25, 0.3) is 0 Å². The molecule has 1 saturated heterocycles. The number of para-hydroxylation sites is 2. The molecule has 1 unspecified atom stereocenters. The number of nitrogens with zero attached hydrogens (tertiary/aromatic N) is 3. The summed E-state index contributed by atoms with van der Waals surface area (Å²) in [5.41, 5.74) is 1.68. The van der Waals surface area contributed by atoms with E-state index in [9.17, 15) is 4.79 Å². The first-order chi connectivity index (χ1) is 14.7. The lowest BCUT2D eigenvalue weighted by molar-refractivity contribution is -0.136. The highest BCUT2D eigenvalue weighted by Gasteiger charge is 2.32. The number of fused-ring (bicyclic) bond motifs is 2. The molecule has 2 aromatic carbocycles. The molecule has 0 aromatic heterocycles. The molecule has 1 atom stereocenters. The van der Waals surface area contributed by atoms with E-state index in [2.05, 4.69) is 32.6 Å². The fraction of sp³-hybridized carbons (Fsp3) is 0.440. The summed E-state index contributed by atoms with van der Waals surface area (Å²) < 4.78 is 11.7. The van der Waals surface area contributed by atoms with Crippen molar-refractivity contribution in [3.63, 3.8) is 0 Å². The van der Waals surface area contributed by atoms with Crippen LogP contribution in [0.5, 0.6) is 17.2 Å². The highest BCUT2D eigenvalue weighted by molar-refractivity contribution is 6.04. The van der Waals surface area contributed by atoms with Gasteiger partial charge in [-0.15, -0.1) is 0 Å². The molecule has 4 rings (SSSR count). The Kier molecular flexibility index (Phi) is 5.65. The van der Waals surface area contributed by atoms with Gasteiger partial charge in [0.15, 0.2) is 5.75 Å². The summed E-state index contributed by atoms with van der Waals surface area (Å²) in [5.74, 6) is 3.32. The molecule has 0 N–H and O–H groups in total. The van der Waals surface area contributed by atoms with Gasteiger partial charge in [-0.3, -0.25) is 4.79 Å². The Labute approximate surface area is 184 Å². The van der Waals surface area contributed by atoms with Gasteiger partial charge in [-0.1, -0.05) is 32.9 Å². The quantitative estimate of drug-likeness (QED) is 0.696. The van der Waals surface area contributed by atoms with Crippen LogP contribution in [0, 0.1) is 5.41 Å². The van der Waals surface area contributed by atoms with Crippen molar-refractivity contribution in [2.45, 2.75) is 40.2 Å². The number of hydrogen-bond donors (Lipinski definition) is 0. The van der Waals surface area contributed by atoms with Crippen molar-refractivity contribution in [3.8, 4) is 17.2 Å². The molecule has 0 radical (unpaired) electrons. The van der Waals surface area contributed by atoms with Crippen LogP contribution in [-0.2, 0) is 4.79 Å². The zero-order valence-corrected chi connectivity index (χ0v) is 19.0. The van der Waals surface area contributed by atoms with Gasteiger partial charge in [-0.05, 0) is 42.7 Å². The Balaban J connectivity index is 1.66. The predicted molar refractivity (Wildman–Crippen MR) is 123 cm³/mol. The number of amides is 1. The third-order valence-corrected chi connectivity index (χ3v) is 5.67. The second-order valence-corrected chi connectivity index (χ2v) is 9.49. The maximum atomic E-state index is 12.8. The summed E-state index contributed by atoms with van der Waals surface area (Å²) in [4.78, 5) is 22.1. The Hall–Kier alpha value is -3.02. The molecular weight excluding hydrogens is 390 g/mol. The lowest BCUT2D eigenvalue weighted by atomic mass is 9.91. The fourth-order valence-electron chi connectivity index (χ4n) is 4.15. The van der Waals surface area contributed by atoms with Crippen molar-refractivity contribution in [1.29, 1.82) is 0 Å². The zero-order chi connectivity index (χ0) is 22.2. The van der Waals surface area contributed by atoms with E-state index in [0.29, 0.717) is 19.5 Å². The first kappa shape index (κ1) is 21.2. The average molecular weight is 422 g/mol. The number of ether oxygens (including phenoxy) is 2. The van der Waals surface area contributed by atoms with E-state index >= 15 is 0 Å². The monoisotopic (exact) mass is 421 g/mol. The summed E-state index contributed by atoms with van der Waals surface area (Å²) in [5, 5.41) is 0. The van der Waals surface area contributed by atoms with Crippen molar-refractivity contribution in [3.05, 3.63) is 48.0 Å². The molecule has 6 nitrogen and oxygen atoms in total. The minimum atomic E-state index is -0.0180. The Bertz CT molecular complexity index is 1010. The molecule has 164 valence electrons. The summed E-state index contributed by atoms with van der Waals surface area (Å²) in [6.07, 6.45) is 0.555. The van der Waals surface area contributed by atoms with Gasteiger partial charge in [0, 0.05) is 32.1 Å². The molecule has 0 saturated carbocycles. The summed E-state index contributed by atoms with van der Waals surface area (Å²) >= 11 is 0. The molecule has 31 heavy (non-hydrogen) atoms. The molecule has 2 aromatic rings. The molecule has 2 heterocycles. The minimum Gasteiger partial charge on any atom is -0.497 e. The van der Waals surface area contributed by atoms with Gasteiger partial charge in [-0.2, -0.15) is 0 Å². The molecule has 1 amide bonds. The van der Waals surface area contributed by atoms with Gasteiger partial charge in [0.2, 0.25) is 5.91 Å². The number of benzene rings is 2. The van der Waals surface area contributed by atoms with E-state index in [1.807, 2.05) is 47.4 Å². The van der Waals surface area contributed by atoms with Gasteiger partial charge in [0.05, 0.1) is 12.7 Å². The molecule has 0 aliphatic carbocycles. The lowest BCUT2D eigenvalue weighted by Gasteiger charge is -2.42. The standard InChI is InChI=1S/C25H31N3O3/c1-17-16-27(12-13-28(17)23(29)15-25(2,3)4)24-19-14-18(30-5)10-11-21(19)31-22-9-7-6-8-20(22)26-24/h6-11,14,17H,12-13,15-16H2,1-5H3. The van der Waals surface area contributed by atoms with Crippen LogP contribution < -0.4 is 9.47 Å². The zero-order valence-electron chi connectivity index (χ0n) is 19.0. The number of rotatable bonds is 2. The Morgan fingerprint density at radius 1 is 1.16 bits per heavy atom. The van der Waals surface area contributed by atoms with Crippen molar-refractivity contribution in [2.75, 3.05) is 26.7 Å². The second-order valence-electron chi connectivity index (χ2n) is 9.49. The number of amidine groups is 1. The van der Waals surface area contributed by atoms with Crippen LogP contribution in [0.25, 0.3) is 0 Å². The van der Waals surface area contributed by atoms with Crippen LogP contribution in [0.15, 0.2) is 47.5 Å². The third kappa shape index (κ3) is 4.53. The van der Waals surface area contributed by atoms with E-state index in [-0.39, 0.29) is 17.4 Å². The van der Waals surface area contributed by atoms with Crippen molar-refractivity contribution in [1.82, 2.24) is 9.80 Å². The smallest absolute Gasteiger partial charge is 0.223 e. The predicted octanol–water partition coefficient (Wildman–Crippen LogP) is 4.85. The molecule has 0 spiro atoms. The number of methoxy groups -OCH3 is 1.